The molecule has 1 heterocycles. The maximum atomic E-state index is 12.6. The molecule has 0 radical (unpaired) electrons. The molecule has 2 aromatic carbocycles. The second-order valence-electron chi connectivity index (χ2n) is 8.26. The second-order valence-corrected chi connectivity index (χ2v) is 10.3. The fraction of sp³-hybridized carbons (Fsp3) is 0.435. The molecule has 1 saturated heterocycles. The number of amides is 1. The van der Waals surface area contributed by atoms with Crippen LogP contribution in [-0.4, -0.2) is 40.7 Å². The van der Waals surface area contributed by atoms with Gasteiger partial charge in [-0.15, -0.1) is 0 Å². The molecule has 2 atom stereocenters. The molecular weight excluding hydrogens is 398 g/mol. The van der Waals surface area contributed by atoms with Crippen LogP contribution in [0.2, 0.25) is 0 Å². The van der Waals surface area contributed by atoms with Crippen molar-refractivity contribution in [2.24, 2.45) is 5.92 Å². The van der Waals surface area contributed by atoms with Gasteiger partial charge in [-0.1, -0.05) is 19.1 Å². The summed E-state index contributed by atoms with van der Waals surface area (Å²) in [6.45, 7) is 6.45. The first kappa shape index (κ1) is 22.2. The Morgan fingerprint density at radius 1 is 1.13 bits per heavy atom. The predicted molar refractivity (Wildman–Crippen MR) is 123 cm³/mol. The molecule has 1 N–H and O–H groups in total. The lowest BCUT2D eigenvalue weighted by atomic mass is 9.99. The van der Waals surface area contributed by atoms with Crippen LogP contribution in [0.1, 0.15) is 48.7 Å². The SMILES string of the molecule is C[C@@H]1CCCN(c2ccc([C@H](C)NC(=O)c3ccc(N(C)S(C)(=O)=O)cc3)cc2)C1. The van der Waals surface area contributed by atoms with Gasteiger partial charge in [-0.2, -0.15) is 0 Å². The van der Waals surface area contributed by atoms with E-state index >= 15 is 0 Å². The molecule has 6 nitrogen and oxygen atoms in total. The van der Waals surface area contributed by atoms with Crippen LogP contribution < -0.4 is 14.5 Å². The van der Waals surface area contributed by atoms with Gasteiger partial charge >= 0.3 is 0 Å². The third-order valence-corrected chi connectivity index (χ3v) is 6.96. The summed E-state index contributed by atoms with van der Waals surface area (Å²) < 4.78 is 24.5. The van der Waals surface area contributed by atoms with E-state index < -0.39 is 10.0 Å². The van der Waals surface area contributed by atoms with Gasteiger partial charge in [0.05, 0.1) is 18.0 Å². The summed E-state index contributed by atoms with van der Waals surface area (Å²) in [5.74, 6) is 0.533. The van der Waals surface area contributed by atoms with E-state index in [1.165, 1.54) is 29.9 Å². The number of carbonyl (C=O) groups excluding carboxylic acids is 1. The van der Waals surface area contributed by atoms with Crippen LogP contribution in [0.25, 0.3) is 0 Å². The number of sulfonamides is 1. The van der Waals surface area contributed by atoms with Crippen molar-refractivity contribution in [3.8, 4) is 0 Å². The molecule has 0 saturated carbocycles. The highest BCUT2D eigenvalue weighted by Gasteiger charge is 2.18. The number of nitrogens with one attached hydrogen (secondary N) is 1. The second kappa shape index (κ2) is 9.08. The van der Waals surface area contributed by atoms with E-state index in [9.17, 15) is 13.2 Å². The van der Waals surface area contributed by atoms with Crippen molar-refractivity contribution < 1.29 is 13.2 Å². The Hall–Kier alpha value is -2.54. The maximum Gasteiger partial charge on any atom is 0.251 e. The zero-order valence-corrected chi connectivity index (χ0v) is 18.9. The highest BCUT2D eigenvalue weighted by molar-refractivity contribution is 7.92. The van der Waals surface area contributed by atoms with Crippen LogP contribution in [0.15, 0.2) is 48.5 Å². The van der Waals surface area contributed by atoms with Crippen molar-refractivity contribution in [2.75, 3.05) is 35.6 Å². The Morgan fingerprint density at radius 2 is 1.77 bits per heavy atom. The van der Waals surface area contributed by atoms with Gasteiger partial charge < -0.3 is 10.2 Å². The lowest BCUT2D eigenvalue weighted by molar-refractivity contribution is 0.0940. The summed E-state index contributed by atoms with van der Waals surface area (Å²) >= 11 is 0. The number of hydrogen-bond acceptors (Lipinski definition) is 4. The molecule has 2 aromatic rings. The normalized spacial score (nSPS) is 18.0. The van der Waals surface area contributed by atoms with Crippen LogP contribution in [0.3, 0.4) is 0 Å². The molecule has 0 unspecified atom stereocenters. The van der Waals surface area contributed by atoms with E-state index in [4.69, 9.17) is 0 Å². The largest absolute Gasteiger partial charge is 0.371 e. The van der Waals surface area contributed by atoms with E-state index in [-0.39, 0.29) is 11.9 Å². The summed E-state index contributed by atoms with van der Waals surface area (Å²) in [6.07, 6.45) is 3.67. The predicted octanol–water partition coefficient (Wildman–Crippen LogP) is 3.81. The monoisotopic (exact) mass is 429 g/mol. The summed E-state index contributed by atoms with van der Waals surface area (Å²) in [4.78, 5) is 15.0. The van der Waals surface area contributed by atoms with Crippen LogP contribution in [0.4, 0.5) is 11.4 Å². The smallest absolute Gasteiger partial charge is 0.251 e. The minimum atomic E-state index is -3.33. The molecule has 7 heteroatoms. The molecule has 1 aliphatic rings. The zero-order valence-electron chi connectivity index (χ0n) is 18.1. The lowest BCUT2D eigenvalue weighted by Crippen LogP contribution is -2.34. The van der Waals surface area contributed by atoms with Crippen molar-refractivity contribution in [1.82, 2.24) is 5.32 Å². The number of piperidine rings is 1. The van der Waals surface area contributed by atoms with Crippen molar-refractivity contribution in [1.29, 1.82) is 0 Å². The van der Waals surface area contributed by atoms with Gasteiger partial charge in [0.2, 0.25) is 10.0 Å². The van der Waals surface area contributed by atoms with Gasteiger partial charge in [0, 0.05) is 31.4 Å². The number of hydrogen-bond donors (Lipinski definition) is 1. The quantitative estimate of drug-likeness (QED) is 0.758. The van der Waals surface area contributed by atoms with Crippen LogP contribution in [0, 0.1) is 5.92 Å². The Morgan fingerprint density at radius 3 is 2.33 bits per heavy atom. The molecule has 1 fully saturated rings. The lowest BCUT2D eigenvalue weighted by Gasteiger charge is -2.33. The minimum absolute atomic E-state index is 0.134. The highest BCUT2D eigenvalue weighted by atomic mass is 32.2. The number of carbonyl (C=O) groups is 1. The van der Waals surface area contributed by atoms with E-state index in [1.54, 1.807) is 24.3 Å². The highest BCUT2D eigenvalue weighted by Crippen LogP contribution is 2.25. The first-order chi connectivity index (χ1) is 14.1. The minimum Gasteiger partial charge on any atom is -0.371 e. The number of anilines is 2. The molecular formula is C23H31N3O3S. The summed E-state index contributed by atoms with van der Waals surface area (Å²) in [5.41, 5.74) is 3.29. The first-order valence-electron chi connectivity index (χ1n) is 10.3. The third-order valence-electron chi connectivity index (χ3n) is 5.75. The Labute approximate surface area is 179 Å². The molecule has 0 spiro atoms. The number of rotatable bonds is 6. The third kappa shape index (κ3) is 5.33. The molecule has 162 valence electrons. The van der Waals surface area contributed by atoms with E-state index in [1.807, 2.05) is 6.92 Å². The standard InChI is InChI=1S/C23H31N3O3S/c1-17-6-5-15-26(16-17)22-13-7-19(8-14-22)18(2)24-23(27)20-9-11-21(12-10-20)25(3)30(4,28)29/h7-14,17-18H,5-6,15-16H2,1-4H3,(H,24,27)/t17-,18+/m1/s1. The van der Waals surface area contributed by atoms with E-state index in [0.29, 0.717) is 11.3 Å². The average molecular weight is 430 g/mol. The maximum absolute atomic E-state index is 12.6. The summed E-state index contributed by atoms with van der Waals surface area (Å²) in [7, 11) is -1.84. The first-order valence-corrected chi connectivity index (χ1v) is 12.2. The molecule has 1 aliphatic heterocycles. The van der Waals surface area contributed by atoms with Crippen molar-refractivity contribution in [3.63, 3.8) is 0 Å². The van der Waals surface area contributed by atoms with Gasteiger partial charge in [0.15, 0.2) is 0 Å². The van der Waals surface area contributed by atoms with Gasteiger partial charge in [-0.05, 0) is 67.6 Å². The Balaban J connectivity index is 1.62. The van der Waals surface area contributed by atoms with Gasteiger partial charge in [0.1, 0.15) is 0 Å². The Kier molecular flexibility index (Phi) is 6.71. The van der Waals surface area contributed by atoms with Crippen molar-refractivity contribution >= 4 is 27.3 Å². The molecule has 0 aromatic heterocycles. The van der Waals surface area contributed by atoms with Crippen molar-refractivity contribution in [3.05, 3.63) is 59.7 Å². The molecule has 1 amide bonds. The van der Waals surface area contributed by atoms with Crippen LogP contribution >= 0.6 is 0 Å². The van der Waals surface area contributed by atoms with Crippen molar-refractivity contribution in [2.45, 2.75) is 32.7 Å². The van der Waals surface area contributed by atoms with E-state index in [2.05, 4.69) is 41.4 Å². The zero-order chi connectivity index (χ0) is 21.9. The van der Waals surface area contributed by atoms with Gasteiger partial charge in [-0.3, -0.25) is 9.10 Å². The number of benzene rings is 2. The summed E-state index contributed by atoms with van der Waals surface area (Å²) in [6, 6.07) is 14.8. The topological polar surface area (TPSA) is 69.7 Å². The van der Waals surface area contributed by atoms with Crippen LogP contribution in [0.5, 0.6) is 0 Å². The molecule has 0 bridgehead atoms. The fourth-order valence-electron chi connectivity index (χ4n) is 3.78. The van der Waals surface area contributed by atoms with E-state index in [0.717, 1.165) is 30.8 Å². The molecule has 0 aliphatic carbocycles. The van der Waals surface area contributed by atoms with Gasteiger partial charge in [0.25, 0.3) is 5.91 Å². The summed E-state index contributed by atoms with van der Waals surface area (Å²) in [5, 5.41) is 3.01. The molecule has 3 rings (SSSR count). The van der Waals surface area contributed by atoms with Crippen LogP contribution in [-0.2, 0) is 10.0 Å². The molecule has 30 heavy (non-hydrogen) atoms. The Bertz CT molecular complexity index is 972. The average Bonchev–Trinajstić information content (AvgIpc) is 2.72. The van der Waals surface area contributed by atoms with Gasteiger partial charge in [-0.25, -0.2) is 8.42 Å². The number of nitrogens with zero attached hydrogens (tertiary/aromatic N) is 2. The fourth-order valence-corrected chi connectivity index (χ4v) is 4.28.